The third kappa shape index (κ3) is 3.86. The average molecular weight is 433 g/mol. The van der Waals surface area contributed by atoms with Gasteiger partial charge in [0.1, 0.15) is 9.96 Å². The first-order valence-corrected chi connectivity index (χ1v) is 10.7. The molecule has 4 rings (SSSR count). The highest BCUT2D eigenvalue weighted by atomic mass is 35.5. The Hall–Kier alpha value is -2.88. The molecule has 0 bridgehead atoms. The van der Waals surface area contributed by atoms with Crippen molar-refractivity contribution in [3.05, 3.63) is 65.0 Å². The van der Waals surface area contributed by atoms with Gasteiger partial charge in [0.2, 0.25) is 0 Å². The molecule has 2 aromatic heterocycles. The van der Waals surface area contributed by atoms with Gasteiger partial charge in [-0.3, -0.25) is 4.72 Å². The van der Waals surface area contributed by atoms with Crippen LogP contribution in [0.5, 0.6) is 5.75 Å². The number of phenolic OH excluding ortho intramolecular Hbond substituents is 1. The molecule has 4 aromatic rings. The molecule has 0 saturated heterocycles. The molecule has 0 spiro atoms. The van der Waals surface area contributed by atoms with Crippen molar-refractivity contribution < 1.29 is 13.5 Å². The summed E-state index contributed by atoms with van der Waals surface area (Å²) in [5.74, 6) is 0.302. The van der Waals surface area contributed by atoms with Crippen LogP contribution in [0.1, 0.15) is 0 Å². The summed E-state index contributed by atoms with van der Waals surface area (Å²) in [6, 6.07) is 16.4. The number of hydrogen-bond acceptors (Lipinski definition) is 7. The van der Waals surface area contributed by atoms with Crippen LogP contribution < -0.4 is 10.0 Å². The highest BCUT2D eigenvalue weighted by Gasteiger charge is 2.21. The number of fused-ring (bicyclic) bond motifs is 1. The Kier molecular flexibility index (Phi) is 4.80. The molecular formula is C18H13ClN4O3S2. The van der Waals surface area contributed by atoms with Gasteiger partial charge in [0, 0.05) is 11.8 Å². The number of halogens is 1. The molecule has 142 valence electrons. The van der Waals surface area contributed by atoms with E-state index in [2.05, 4.69) is 20.0 Å². The predicted octanol–water partition coefficient (Wildman–Crippen LogP) is 4.59. The maximum atomic E-state index is 12.7. The van der Waals surface area contributed by atoms with Crippen LogP contribution in [0.3, 0.4) is 0 Å². The van der Waals surface area contributed by atoms with E-state index < -0.39 is 10.0 Å². The van der Waals surface area contributed by atoms with Crippen molar-refractivity contribution in [2.75, 3.05) is 10.0 Å². The van der Waals surface area contributed by atoms with Crippen molar-refractivity contribution in [1.29, 1.82) is 0 Å². The molecule has 7 nitrogen and oxygen atoms in total. The SMILES string of the molecule is O=S(=O)(Nc1nc2ccccc2nc1Nc1cccc(O)c1)c1ccc(Cl)s1. The molecule has 10 heteroatoms. The molecule has 0 aliphatic carbocycles. The average Bonchev–Trinajstić information content (AvgIpc) is 3.09. The molecule has 0 saturated carbocycles. The standard InChI is InChI=1S/C18H13ClN4O3S2/c19-15-8-9-16(27-15)28(25,26)23-18-17(20-11-4-3-5-12(24)10-11)21-13-6-1-2-7-14(13)22-18/h1-10,24H,(H,20,21)(H,22,23). The predicted molar refractivity (Wildman–Crippen MR) is 111 cm³/mol. The largest absolute Gasteiger partial charge is 0.508 e. The van der Waals surface area contributed by atoms with Gasteiger partial charge in [0.25, 0.3) is 10.0 Å². The minimum Gasteiger partial charge on any atom is -0.508 e. The maximum absolute atomic E-state index is 12.7. The van der Waals surface area contributed by atoms with Crippen molar-refractivity contribution in [1.82, 2.24) is 9.97 Å². The van der Waals surface area contributed by atoms with Gasteiger partial charge in [-0.15, -0.1) is 11.3 Å². The molecule has 28 heavy (non-hydrogen) atoms. The second-order valence-electron chi connectivity index (χ2n) is 5.75. The summed E-state index contributed by atoms with van der Waals surface area (Å²) in [6.07, 6.45) is 0. The van der Waals surface area contributed by atoms with Gasteiger partial charge >= 0.3 is 0 Å². The van der Waals surface area contributed by atoms with Crippen LogP contribution >= 0.6 is 22.9 Å². The Morgan fingerprint density at radius 1 is 0.929 bits per heavy atom. The first-order valence-electron chi connectivity index (χ1n) is 8.02. The number of para-hydroxylation sites is 2. The fourth-order valence-corrected chi connectivity index (χ4v) is 4.99. The van der Waals surface area contributed by atoms with Gasteiger partial charge in [-0.1, -0.05) is 29.8 Å². The van der Waals surface area contributed by atoms with E-state index in [1.165, 1.54) is 24.3 Å². The molecule has 0 aliphatic rings. The normalized spacial score (nSPS) is 11.5. The Balaban J connectivity index is 1.79. The summed E-state index contributed by atoms with van der Waals surface area (Å²) in [5.41, 5.74) is 1.65. The van der Waals surface area contributed by atoms with E-state index in [1.807, 2.05) is 6.07 Å². The molecule has 0 atom stereocenters. The zero-order valence-corrected chi connectivity index (χ0v) is 16.5. The highest BCUT2D eigenvalue weighted by molar-refractivity contribution is 7.94. The lowest BCUT2D eigenvalue weighted by molar-refractivity contribution is 0.475. The second-order valence-corrected chi connectivity index (χ2v) is 9.37. The molecule has 0 radical (unpaired) electrons. The van der Waals surface area contributed by atoms with Crippen LogP contribution in [0.4, 0.5) is 17.3 Å². The van der Waals surface area contributed by atoms with Crippen LogP contribution in [0.15, 0.2) is 64.9 Å². The van der Waals surface area contributed by atoms with E-state index in [4.69, 9.17) is 11.6 Å². The minimum absolute atomic E-state index is 0.0339. The van der Waals surface area contributed by atoms with Crippen LogP contribution in [0.25, 0.3) is 11.0 Å². The molecule has 0 unspecified atom stereocenters. The van der Waals surface area contributed by atoms with Gasteiger partial charge in [0.15, 0.2) is 11.6 Å². The summed E-state index contributed by atoms with van der Waals surface area (Å²) < 4.78 is 28.3. The highest BCUT2D eigenvalue weighted by Crippen LogP contribution is 2.31. The smallest absolute Gasteiger partial charge is 0.272 e. The lowest BCUT2D eigenvalue weighted by Gasteiger charge is -2.13. The first-order chi connectivity index (χ1) is 13.4. The summed E-state index contributed by atoms with van der Waals surface area (Å²) in [5, 5.41) is 12.7. The Labute approximate surface area is 169 Å². The lowest BCUT2D eigenvalue weighted by atomic mass is 10.3. The van der Waals surface area contributed by atoms with Gasteiger partial charge in [0.05, 0.1) is 15.4 Å². The van der Waals surface area contributed by atoms with Crippen LogP contribution in [-0.2, 0) is 10.0 Å². The van der Waals surface area contributed by atoms with Crippen LogP contribution in [0.2, 0.25) is 4.34 Å². The molecule has 2 heterocycles. The number of hydrogen-bond donors (Lipinski definition) is 3. The number of nitrogens with zero attached hydrogens (tertiary/aromatic N) is 2. The van der Waals surface area contributed by atoms with E-state index >= 15 is 0 Å². The lowest BCUT2D eigenvalue weighted by Crippen LogP contribution is -2.15. The molecule has 0 fully saturated rings. The number of thiophene rings is 1. The number of rotatable bonds is 5. The second kappa shape index (κ2) is 7.27. The number of benzene rings is 2. The topological polar surface area (TPSA) is 104 Å². The third-order valence-electron chi connectivity index (χ3n) is 3.72. The van der Waals surface area contributed by atoms with Crippen molar-refractivity contribution in [3.8, 4) is 5.75 Å². The molecular weight excluding hydrogens is 420 g/mol. The quantitative estimate of drug-likeness (QED) is 0.426. The fourth-order valence-electron chi connectivity index (χ4n) is 2.50. The van der Waals surface area contributed by atoms with Crippen molar-refractivity contribution in [3.63, 3.8) is 0 Å². The number of sulfonamides is 1. The molecule has 0 aliphatic heterocycles. The van der Waals surface area contributed by atoms with E-state index in [-0.39, 0.29) is 21.6 Å². The summed E-state index contributed by atoms with van der Waals surface area (Å²) in [4.78, 5) is 8.88. The zero-order chi connectivity index (χ0) is 19.7. The third-order valence-corrected chi connectivity index (χ3v) is 6.79. The van der Waals surface area contributed by atoms with E-state index in [0.717, 1.165) is 11.3 Å². The number of aromatic hydroxyl groups is 1. The summed E-state index contributed by atoms with van der Waals surface area (Å²) >= 11 is 6.81. The molecule has 2 aromatic carbocycles. The van der Waals surface area contributed by atoms with Crippen molar-refractivity contribution in [2.45, 2.75) is 4.21 Å². The number of nitrogens with one attached hydrogen (secondary N) is 2. The maximum Gasteiger partial charge on any atom is 0.272 e. The van der Waals surface area contributed by atoms with Gasteiger partial charge in [-0.25, -0.2) is 18.4 Å². The number of anilines is 3. The molecule has 3 N–H and O–H groups in total. The summed E-state index contributed by atoms with van der Waals surface area (Å²) in [6.45, 7) is 0. The van der Waals surface area contributed by atoms with Crippen LogP contribution in [0, 0.1) is 0 Å². The Bertz CT molecular complexity index is 1270. The fraction of sp³-hybridized carbons (Fsp3) is 0. The zero-order valence-electron chi connectivity index (χ0n) is 14.1. The van der Waals surface area contributed by atoms with Gasteiger partial charge in [-0.05, 0) is 36.4 Å². The van der Waals surface area contributed by atoms with Gasteiger partial charge in [-0.2, -0.15) is 0 Å². The summed E-state index contributed by atoms with van der Waals surface area (Å²) in [7, 11) is -3.89. The monoisotopic (exact) mass is 432 g/mol. The van der Waals surface area contributed by atoms with E-state index in [0.29, 0.717) is 21.1 Å². The number of phenols is 1. The van der Waals surface area contributed by atoms with Gasteiger partial charge < -0.3 is 10.4 Å². The Morgan fingerprint density at radius 3 is 2.29 bits per heavy atom. The van der Waals surface area contributed by atoms with Crippen molar-refractivity contribution >= 4 is 61.3 Å². The number of aromatic nitrogens is 2. The minimum atomic E-state index is -3.89. The van der Waals surface area contributed by atoms with E-state index in [1.54, 1.807) is 30.3 Å². The molecule has 0 amide bonds. The van der Waals surface area contributed by atoms with Crippen LogP contribution in [-0.4, -0.2) is 23.5 Å². The van der Waals surface area contributed by atoms with E-state index in [9.17, 15) is 13.5 Å². The first kappa shape index (κ1) is 18.5. The van der Waals surface area contributed by atoms with Crippen molar-refractivity contribution in [2.24, 2.45) is 0 Å². The Morgan fingerprint density at radius 2 is 1.64 bits per heavy atom.